The number of primary amides is 1. The van der Waals surface area contributed by atoms with Crippen LogP contribution in [0.4, 0.5) is 0 Å². The van der Waals surface area contributed by atoms with Crippen LogP contribution in [0.1, 0.15) is 10.5 Å². The monoisotopic (exact) mass is 238 g/mol. The molecular weight excluding hydrogens is 232 g/mol. The molecule has 0 aliphatic rings. The van der Waals surface area contributed by atoms with Crippen molar-refractivity contribution < 1.29 is 4.79 Å². The summed E-state index contributed by atoms with van der Waals surface area (Å²) in [5, 5.41) is 0.969. The third-order valence-electron chi connectivity index (χ3n) is 1.89. The van der Waals surface area contributed by atoms with Gasteiger partial charge in [-0.3, -0.25) is 4.79 Å². The van der Waals surface area contributed by atoms with Gasteiger partial charge in [0.25, 0.3) is 5.91 Å². The van der Waals surface area contributed by atoms with Crippen LogP contribution in [0.5, 0.6) is 0 Å². The van der Waals surface area contributed by atoms with Gasteiger partial charge in [-0.15, -0.1) is 0 Å². The Morgan fingerprint density at radius 2 is 2.08 bits per heavy atom. The van der Waals surface area contributed by atoms with E-state index >= 15 is 0 Å². The average Bonchev–Trinajstić information content (AvgIpc) is 2.45. The molecular formula is C9H7BrN2O. The molecule has 0 fully saturated rings. The van der Waals surface area contributed by atoms with E-state index in [1.54, 1.807) is 0 Å². The highest BCUT2D eigenvalue weighted by atomic mass is 79.9. The predicted molar refractivity (Wildman–Crippen MR) is 54.5 cm³/mol. The molecule has 1 aromatic heterocycles. The molecule has 4 heteroatoms. The van der Waals surface area contributed by atoms with Gasteiger partial charge in [-0.2, -0.15) is 0 Å². The van der Waals surface area contributed by atoms with Crippen molar-refractivity contribution in [1.29, 1.82) is 0 Å². The van der Waals surface area contributed by atoms with E-state index in [-0.39, 0.29) is 0 Å². The highest BCUT2D eigenvalue weighted by Gasteiger charge is 2.11. The second-order valence-electron chi connectivity index (χ2n) is 2.72. The first kappa shape index (κ1) is 8.31. The second-order valence-corrected chi connectivity index (χ2v) is 3.52. The molecule has 3 nitrogen and oxygen atoms in total. The lowest BCUT2D eigenvalue weighted by Crippen LogP contribution is -2.11. The zero-order valence-electron chi connectivity index (χ0n) is 6.67. The Bertz CT molecular complexity index is 475. The standard InChI is InChI=1S/C9H7BrN2O/c10-7-5-3-1-2-4-6(5)12-8(7)9(11)13/h1-4,12H,(H2,11,13). The minimum absolute atomic E-state index is 0.418. The van der Waals surface area contributed by atoms with E-state index < -0.39 is 5.91 Å². The van der Waals surface area contributed by atoms with E-state index in [4.69, 9.17) is 5.73 Å². The number of fused-ring (bicyclic) bond motifs is 1. The molecule has 2 aromatic rings. The van der Waals surface area contributed by atoms with Crippen molar-refractivity contribution in [1.82, 2.24) is 4.98 Å². The summed E-state index contributed by atoms with van der Waals surface area (Å²) in [5.74, 6) is -0.455. The first-order chi connectivity index (χ1) is 6.20. The van der Waals surface area contributed by atoms with Crippen molar-refractivity contribution >= 4 is 32.7 Å². The zero-order chi connectivity index (χ0) is 9.42. The molecule has 0 bridgehead atoms. The first-order valence-corrected chi connectivity index (χ1v) is 4.55. The maximum atomic E-state index is 11.0. The van der Waals surface area contributed by atoms with Gasteiger partial charge < -0.3 is 10.7 Å². The normalized spacial score (nSPS) is 10.5. The van der Waals surface area contributed by atoms with E-state index in [1.165, 1.54) is 0 Å². The van der Waals surface area contributed by atoms with Crippen LogP contribution >= 0.6 is 15.9 Å². The number of benzene rings is 1. The number of para-hydroxylation sites is 1. The summed E-state index contributed by atoms with van der Waals surface area (Å²) < 4.78 is 0.732. The number of carbonyl (C=O) groups excluding carboxylic acids is 1. The molecule has 0 saturated heterocycles. The van der Waals surface area contributed by atoms with Gasteiger partial charge in [-0.1, -0.05) is 18.2 Å². The molecule has 0 saturated carbocycles. The number of nitrogens with one attached hydrogen (secondary N) is 1. The Balaban J connectivity index is 2.81. The largest absolute Gasteiger partial charge is 0.364 e. The summed E-state index contributed by atoms with van der Waals surface area (Å²) in [5.41, 5.74) is 6.50. The van der Waals surface area contributed by atoms with Gasteiger partial charge in [0.2, 0.25) is 0 Å². The van der Waals surface area contributed by atoms with Crippen molar-refractivity contribution in [2.75, 3.05) is 0 Å². The molecule has 0 radical (unpaired) electrons. The summed E-state index contributed by atoms with van der Waals surface area (Å²) in [6.07, 6.45) is 0. The van der Waals surface area contributed by atoms with Crippen LogP contribution in [0, 0.1) is 0 Å². The number of hydrogen-bond acceptors (Lipinski definition) is 1. The molecule has 0 spiro atoms. The lowest BCUT2D eigenvalue weighted by atomic mass is 10.2. The average molecular weight is 239 g/mol. The molecule has 13 heavy (non-hydrogen) atoms. The number of carbonyl (C=O) groups is 1. The van der Waals surface area contributed by atoms with Crippen molar-refractivity contribution in [2.24, 2.45) is 5.73 Å². The Morgan fingerprint density at radius 1 is 1.38 bits per heavy atom. The van der Waals surface area contributed by atoms with Crippen molar-refractivity contribution in [2.45, 2.75) is 0 Å². The summed E-state index contributed by atoms with van der Waals surface area (Å²) in [7, 11) is 0. The minimum Gasteiger partial charge on any atom is -0.364 e. The van der Waals surface area contributed by atoms with E-state index in [0.717, 1.165) is 15.4 Å². The number of hydrogen-bond donors (Lipinski definition) is 2. The maximum Gasteiger partial charge on any atom is 0.266 e. The van der Waals surface area contributed by atoms with Gasteiger partial charge in [0.05, 0.1) is 4.47 Å². The number of aromatic nitrogens is 1. The quantitative estimate of drug-likeness (QED) is 0.785. The topological polar surface area (TPSA) is 58.9 Å². The third kappa shape index (κ3) is 1.23. The van der Waals surface area contributed by atoms with Crippen LogP contribution in [0.15, 0.2) is 28.7 Å². The highest BCUT2D eigenvalue weighted by molar-refractivity contribution is 9.10. The number of nitrogens with two attached hydrogens (primary N) is 1. The molecule has 0 aliphatic heterocycles. The van der Waals surface area contributed by atoms with Crippen LogP contribution in [0.2, 0.25) is 0 Å². The SMILES string of the molecule is NC(=O)c1[nH]c2ccccc2c1Br. The number of rotatable bonds is 1. The molecule has 0 unspecified atom stereocenters. The Kier molecular flexibility index (Phi) is 1.84. The summed E-state index contributed by atoms with van der Waals surface area (Å²) in [6, 6.07) is 7.62. The fraction of sp³-hybridized carbons (Fsp3) is 0. The van der Waals surface area contributed by atoms with Gasteiger partial charge in [0, 0.05) is 10.9 Å². The molecule has 1 heterocycles. The van der Waals surface area contributed by atoms with E-state index in [9.17, 15) is 4.79 Å². The maximum absolute atomic E-state index is 11.0. The summed E-state index contributed by atoms with van der Waals surface area (Å²) >= 11 is 3.32. The van der Waals surface area contributed by atoms with Crippen LogP contribution in [0.3, 0.4) is 0 Å². The molecule has 3 N–H and O–H groups in total. The molecule has 1 aromatic carbocycles. The van der Waals surface area contributed by atoms with Gasteiger partial charge >= 0.3 is 0 Å². The zero-order valence-corrected chi connectivity index (χ0v) is 8.26. The Morgan fingerprint density at radius 3 is 2.69 bits per heavy atom. The van der Waals surface area contributed by atoms with Crippen molar-refractivity contribution in [3.8, 4) is 0 Å². The first-order valence-electron chi connectivity index (χ1n) is 3.76. The molecule has 66 valence electrons. The second kappa shape index (κ2) is 2.88. The highest BCUT2D eigenvalue weighted by Crippen LogP contribution is 2.26. The lowest BCUT2D eigenvalue weighted by molar-refractivity contribution is 0.0995. The van der Waals surface area contributed by atoms with E-state index in [0.29, 0.717) is 5.69 Å². The predicted octanol–water partition coefficient (Wildman–Crippen LogP) is 2.03. The lowest BCUT2D eigenvalue weighted by Gasteiger charge is -1.88. The molecule has 2 rings (SSSR count). The van der Waals surface area contributed by atoms with E-state index in [2.05, 4.69) is 20.9 Å². The van der Waals surface area contributed by atoms with Gasteiger partial charge in [0.15, 0.2) is 0 Å². The van der Waals surface area contributed by atoms with Crippen molar-refractivity contribution in [3.05, 3.63) is 34.4 Å². The number of aromatic amines is 1. The van der Waals surface area contributed by atoms with E-state index in [1.807, 2.05) is 24.3 Å². The number of H-pyrrole nitrogens is 1. The third-order valence-corrected chi connectivity index (χ3v) is 2.71. The Hall–Kier alpha value is -1.29. The number of halogens is 1. The molecule has 0 atom stereocenters. The van der Waals surface area contributed by atoms with Gasteiger partial charge in [0.1, 0.15) is 5.69 Å². The smallest absolute Gasteiger partial charge is 0.266 e. The van der Waals surface area contributed by atoms with Crippen LogP contribution in [0.25, 0.3) is 10.9 Å². The van der Waals surface area contributed by atoms with Crippen LogP contribution in [-0.2, 0) is 0 Å². The van der Waals surface area contributed by atoms with Crippen LogP contribution in [-0.4, -0.2) is 10.9 Å². The summed E-state index contributed by atoms with van der Waals surface area (Å²) in [6.45, 7) is 0. The molecule has 1 amide bonds. The van der Waals surface area contributed by atoms with Crippen molar-refractivity contribution in [3.63, 3.8) is 0 Å². The fourth-order valence-corrected chi connectivity index (χ4v) is 1.92. The van der Waals surface area contributed by atoms with Gasteiger partial charge in [-0.05, 0) is 22.0 Å². The van der Waals surface area contributed by atoms with Gasteiger partial charge in [-0.25, -0.2) is 0 Å². The molecule has 0 aliphatic carbocycles. The van der Waals surface area contributed by atoms with Crippen LogP contribution < -0.4 is 5.73 Å². The number of amides is 1. The minimum atomic E-state index is -0.455. The Labute approximate surface area is 83.1 Å². The summed E-state index contributed by atoms with van der Waals surface area (Å²) in [4.78, 5) is 13.9. The fourth-order valence-electron chi connectivity index (χ4n) is 1.28.